The quantitative estimate of drug-likeness (QED) is 0.773. The lowest BCUT2D eigenvalue weighted by molar-refractivity contribution is -0.145. The van der Waals surface area contributed by atoms with E-state index in [9.17, 15) is 13.2 Å². The number of anilines is 1. The van der Waals surface area contributed by atoms with Crippen LogP contribution in [0.15, 0.2) is 18.2 Å². The zero-order chi connectivity index (χ0) is 15.5. The van der Waals surface area contributed by atoms with Gasteiger partial charge in [-0.05, 0) is 32.0 Å². The molecule has 0 atom stereocenters. The summed E-state index contributed by atoms with van der Waals surface area (Å²) in [5.74, 6) is -0.642. The summed E-state index contributed by atoms with van der Waals surface area (Å²) in [5, 5.41) is 0.503. The minimum Gasteiger partial charge on any atom is -0.462 e. The summed E-state index contributed by atoms with van der Waals surface area (Å²) in [6.07, 6.45) is 0.677. The number of halogens is 2. The molecule has 5 nitrogen and oxygen atoms in total. The van der Waals surface area contributed by atoms with Crippen molar-refractivity contribution in [2.45, 2.75) is 20.0 Å². The van der Waals surface area contributed by atoms with Gasteiger partial charge in [0.15, 0.2) is 0 Å². The van der Waals surface area contributed by atoms with Crippen molar-refractivity contribution in [3.05, 3.63) is 28.2 Å². The van der Waals surface area contributed by atoms with Crippen LogP contribution in [0.4, 0.5) is 5.69 Å². The Balaban J connectivity index is 3.08. The molecule has 0 aliphatic carbocycles. The van der Waals surface area contributed by atoms with E-state index in [4.69, 9.17) is 27.9 Å². The van der Waals surface area contributed by atoms with Crippen LogP contribution in [-0.2, 0) is 19.6 Å². The SMILES string of the molecule is CC(C)OC(=O)CN(c1ccc(Cl)c(Cl)c1)S(C)(=O)=O. The van der Waals surface area contributed by atoms with Crippen LogP contribution in [0.25, 0.3) is 0 Å². The first-order valence-corrected chi connectivity index (χ1v) is 8.34. The summed E-state index contributed by atoms with van der Waals surface area (Å²) < 4.78 is 29.4. The second-order valence-electron chi connectivity index (χ2n) is 4.41. The summed E-state index contributed by atoms with van der Waals surface area (Å²) in [7, 11) is -3.65. The third-order valence-electron chi connectivity index (χ3n) is 2.23. The van der Waals surface area contributed by atoms with Crippen LogP contribution in [0.1, 0.15) is 13.8 Å². The smallest absolute Gasteiger partial charge is 0.327 e. The molecule has 112 valence electrons. The number of hydrogen-bond acceptors (Lipinski definition) is 4. The van der Waals surface area contributed by atoms with Gasteiger partial charge in [-0.1, -0.05) is 23.2 Å². The number of hydrogen-bond donors (Lipinski definition) is 0. The van der Waals surface area contributed by atoms with Gasteiger partial charge >= 0.3 is 5.97 Å². The van der Waals surface area contributed by atoms with Crippen molar-refractivity contribution in [2.75, 3.05) is 17.1 Å². The van der Waals surface area contributed by atoms with Gasteiger partial charge in [0.1, 0.15) is 6.54 Å². The fourth-order valence-corrected chi connectivity index (χ4v) is 2.59. The lowest BCUT2D eigenvalue weighted by atomic mass is 10.3. The number of sulfonamides is 1. The molecular weight excluding hydrogens is 325 g/mol. The maximum Gasteiger partial charge on any atom is 0.327 e. The van der Waals surface area contributed by atoms with Crippen LogP contribution >= 0.6 is 23.2 Å². The average Bonchev–Trinajstić information content (AvgIpc) is 2.27. The van der Waals surface area contributed by atoms with Gasteiger partial charge in [0.25, 0.3) is 0 Å². The summed E-state index contributed by atoms with van der Waals surface area (Å²) in [5.41, 5.74) is 0.252. The van der Waals surface area contributed by atoms with Gasteiger partial charge in [-0.2, -0.15) is 0 Å². The van der Waals surface area contributed by atoms with Gasteiger partial charge < -0.3 is 4.74 Å². The van der Waals surface area contributed by atoms with Crippen molar-refractivity contribution in [1.29, 1.82) is 0 Å². The Kier molecular flexibility index (Phi) is 5.68. The number of carbonyl (C=O) groups is 1. The Labute approximate surface area is 128 Å². The second kappa shape index (κ2) is 6.65. The maximum atomic E-state index is 11.8. The van der Waals surface area contributed by atoms with Crippen molar-refractivity contribution < 1.29 is 17.9 Å². The Morgan fingerprint density at radius 3 is 2.35 bits per heavy atom. The van der Waals surface area contributed by atoms with Gasteiger partial charge in [0.2, 0.25) is 10.0 Å². The summed E-state index contributed by atoms with van der Waals surface area (Å²) in [6.45, 7) is 2.94. The van der Waals surface area contributed by atoms with Crippen LogP contribution in [0.3, 0.4) is 0 Å². The van der Waals surface area contributed by atoms with E-state index in [1.807, 2.05) is 0 Å². The molecule has 0 amide bonds. The molecule has 0 saturated carbocycles. The lowest BCUT2D eigenvalue weighted by Gasteiger charge is -2.22. The molecule has 0 saturated heterocycles. The van der Waals surface area contributed by atoms with E-state index in [-0.39, 0.29) is 16.8 Å². The van der Waals surface area contributed by atoms with Gasteiger partial charge in [-0.3, -0.25) is 9.10 Å². The zero-order valence-electron chi connectivity index (χ0n) is 11.3. The van der Waals surface area contributed by atoms with Crippen LogP contribution in [0.5, 0.6) is 0 Å². The molecule has 0 aliphatic heterocycles. The molecule has 0 aromatic heterocycles. The molecule has 0 unspecified atom stereocenters. The van der Waals surface area contributed by atoms with Gasteiger partial charge in [0, 0.05) is 0 Å². The summed E-state index contributed by atoms with van der Waals surface area (Å²) in [6, 6.07) is 4.32. The van der Waals surface area contributed by atoms with Gasteiger partial charge in [-0.25, -0.2) is 8.42 Å². The van der Waals surface area contributed by atoms with Crippen LogP contribution in [0.2, 0.25) is 10.0 Å². The Morgan fingerprint density at radius 1 is 1.30 bits per heavy atom. The standard InChI is InChI=1S/C12H15Cl2NO4S/c1-8(2)19-12(16)7-15(20(3,17)18)9-4-5-10(13)11(14)6-9/h4-6,8H,7H2,1-3H3. The highest BCUT2D eigenvalue weighted by molar-refractivity contribution is 7.92. The number of nitrogens with zero attached hydrogens (tertiary/aromatic N) is 1. The van der Waals surface area contributed by atoms with Crippen LogP contribution in [-0.4, -0.2) is 33.3 Å². The molecule has 20 heavy (non-hydrogen) atoms. The molecule has 1 rings (SSSR count). The van der Waals surface area contributed by atoms with Crippen LogP contribution in [0, 0.1) is 0 Å². The van der Waals surface area contributed by atoms with Gasteiger partial charge in [0.05, 0.1) is 28.1 Å². The predicted molar refractivity (Wildman–Crippen MR) is 79.9 cm³/mol. The fourth-order valence-electron chi connectivity index (χ4n) is 1.46. The van der Waals surface area contributed by atoms with E-state index in [1.165, 1.54) is 18.2 Å². The Bertz CT molecular complexity index is 601. The first kappa shape index (κ1) is 17.1. The van der Waals surface area contributed by atoms with E-state index < -0.39 is 22.5 Å². The molecule has 0 N–H and O–H groups in total. The molecule has 0 radical (unpaired) electrons. The van der Waals surface area contributed by atoms with E-state index in [0.29, 0.717) is 5.02 Å². The van der Waals surface area contributed by atoms with Gasteiger partial charge in [-0.15, -0.1) is 0 Å². The number of rotatable bonds is 5. The molecule has 0 bridgehead atoms. The van der Waals surface area contributed by atoms with Crippen molar-refractivity contribution >= 4 is 44.9 Å². The molecule has 0 fully saturated rings. The molecular formula is C12H15Cl2NO4S. The van der Waals surface area contributed by atoms with E-state index in [2.05, 4.69) is 0 Å². The topological polar surface area (TPSA) is 63.7 Å². The third kappa shape index (κ3) is 4.85. The lowest BCUT2D eigenvalue weighted by Crippen LogP contribution is -2.36. The average molecular weight is 340 g/mol. The highest BCUT2D eigenvalue weighted by Gasteiger charge is 2.22. The van der Waals surface area contributed by atoms with Crippen LogP contribution < -0.4 is 4.31 Å². The highest BCUT2D eigenvalue weighted by Crippen LogP contribution is 2.28. The minimum absolute atomic E-state index is 0.204. The van der Waals surface area contributed by atoms with E-state index >= 15 is 0 Å². The monoisotopic (exact) mass is 339 g/mol. The molecule has 1 aromatic rings. The highest BCUT2D eigenvalue weighted by atomic mass is 35.5. The van der Waals surface area contributed by atoms with Crippen molar-refractivity contribution in [2.24, 2.45) is 0 Å². The maximum absolute atomic E-state index is 11.8. The van der Waals surface area contributed by atoms with Crippen molar-refractivity contribution in [3.8, 4) is 0 Å². The minimum atomic E-state index is -3.65. The Morgan fingerprint density at radius 2 is 1.90 bits per heavy atom. The molecule has 0 spiro atoms. The summed E-state index contributed by atoms with van der Waals surface area (Å²) in [4.78, 5) is 11.6. The first-order valence-electron chi connectivity index (χ1n) is 5.73. The number of benzene rings is 1. The number of esters is 1. The second-order valence-corrected chi connectivity index (χ2v) is 7.13. The van der Waals surface area contributed by atoms with Crippen molar-refractivity contribution in [1.82, 2.24) is 0 Å². The molecule has 0 aliphatic rings. The number of ether oxygens (including phenoxy) is 1. The van der Waals surface area contributed by atoms with E-state index in [1.54, 1.807) is 13.8 Å². The Hall–Kier alpha value is -0.980. The number of carbonyl (C=O) groups excluding carboxylic acids is 1. The normalized spacial score (nSPS) is 11.5. The zero-order valence-corrected chi connectivity index (χ0v) is 13.6. The summed E-state index contributed by atoms with van der Waals surface area (Å²) >= 11 is 11.6. The first-order chi connectivity index (χ1) is 9.11. The fraction of sp³-hybridized carbons (Fsp3) is 0.417. The van der Waals surface area contributed by atoms with E-state index in [0.717, 1.165) is 10.6 Å². The predicted octanol–water partition coefficient (Wildman–Crippen LogP) is 2.71. The molecule has 0 heterocycles. The van der Waals surface area contributed by atoms with Crippen molar-refractivity contribution in [3.63, 3.8) is 0 Å². The molecule has 1 aromatic carbocycles. The molecule has 8 heteroatoms. The third-order valence-corrected chi connectivity index (χ3v) is 4.11. The largest absolute Gasteiger partial charge is 0.462 e.